The molecule has 0 amide bonds. The topological polar surface area (TPSA) is 107 Å². The minimum atomic E-state index is -4.74. The summed E-state index contributed by atoms with van der Waals surface area (Å²) in [5.74, 6) is -2.08. The molecule has 0 aromatic carbocycles. The summed E-state index contributed by atoms with van der Waals surface area (Å²) < 4.78 is 40.9. The molecule has 1 atom stereocenters. The lowest BCUT2D eigenvalue weighted by molar-refractivity contribution is -0.147. The van der Waals surface area contributed by atoms with Gasteiger partial charge in [-0.05, 0) is 13.3 Å². The summed E-state index contributed by atoms with van der Waals surface area (Å²) in [5, 5.41) is -1.96. The van der Waals surface area contributed by atoms with E-state index in [9.17, 15) is 18.0 Å². The predicted octanol–water partition coefficient (Wildman–Crippen LogP) is 2.61. The van der Waals surface area contributed by atoms with Crippen molar-refractivity contribution in [3.63, 3.8) is 0 Å². The summed E-state index contributed by atoms with van der Waals surface area (Å²) in [6, 6.07) is 0. The van der Waals surface area contributed by atoms with Gasteiger partial charge in [0, 0.05) is 0 Å². The van der Waals surface area contributed by atoms with Gasteiger partial charge in [0.1, 0.15) is 0 Å². The van der Waals surface area contributed by atoms with E-state index in [2.05, 4.69) is 11.7 Å². The van der Waals surface area contributed by atoms with Crippen LogP contribution in [0.5, 0.6) is 0 Å². The van der Waals surface area contributed by atoms with Crippen molar-refractivity contribution in [2.75, 3.05) is 6.61 Å². The molecule has 0 aromatic rings. The van der Waals surface area contributed by atoms with Gasteiger partial charge in [0.05, 0.1) is 19.3 Å². The van der Waals surface area contributed by atoms with E-state index in [1.165, 1.54) is 6.08 Å². The average Bonchev–Trinajstić information content (AvgIpc) is 2.48. The van der Waals surface area contributed by atoms with Crippen molar-refractivity contribution in [3.05, 3.63) is 12.3 Å². The summed E-state index contributed by atoms with van der Waals surface area (Å²) in [7, 11) is -4.74. The molecule has 23 heavy (non-hydrogen) atoms. The monoisotopic (exact) mass is 350 g/mol. The van der Waals surface area contributed by atoms with Gasteiger partial charge in [-0.15, -0.1) is 0 Å². The first kappa shape index (κ1) is 21.6. The predicted molar refractivity (Wildman–Crippen MR) is 85.2 cm³/mol. The van der Waals surface area contributed by atoms with E-state index in [0.29, 0.717) is 6.42 Å². The van der Waals surface area contributed by atoms with E-state index in [0.717, 1.165) is 38.4 Å². The second-order valence-electron chi connectivity index (χ2n) is 5.10. The highest BCUT2D eigenvalue weighted by Gasteiger charge is 2.35. The Hall–Kier alpha value is -1.41. The molecule has 0 saturated carbocycles. The Bertz CT molecular complexity index is 482. The third-order valence-electron chi connectivity index (χ3n) is 3.05. The number of carbonyl (C=O) groups excluding carboxylic acids is 2. The maximum atomic E-state index is 11.7. The van der Waals surface area contributed by atoms with Crippen LogP contribution >= 0.6 is 0 Å². The lowest BCUT2D eigenvalue weighted by Gasteiger charge is -2.12. The average molecular weight is 350 g/mol. The molecule has 0 heterocycles. The van der Waals surface area contributed by atoms with Crippen molar-refractivity contribution < 1.29 is 32.0 Å². The molecular formula is C15H26O7S. The van der Waals surface area contributed by atoms with E-state index in [-0.39, 0.29) is 6.61 Å². The maximum Gasteiger partial charge on any atom is 0.327 e. The van der Waals surface area contributed by atoms with Crippen molar-refractivity contribution in [1.29, 1.82) is 0 Å². The molecule has 1 unspecified atom stereocenters. The van der Waals surface area contributed by atoms with Gasteiger partial charge in [-0.1, -0.05) is 45.1 Å². The fourth-order valence-corrected chi connectivity index (χ4v) is 2.46. The highest BCUT2D eigenvalue weighted by atomic mass is 32.2. The van der Waals surface area contributed by atoms with Gasteiger partial charge in [-0.2, -0.15) is 8.42 Å². The van der Waals surface area contributed by atoms with Crippen LogP contribution in [-0.4, -0.2) is 36.8 Å². The molecule has 0 bridgehead atoms. The van der Waals surface area contributed by atoms with E-state index in [1.807, 2.05) is 0 Å². The second-order valence-corrected chi connectivity index (χ2v) is 6.70. The molecule has 1 N–H and O–H groups in total. The smallest absolute Gasteiger partial charge is 0.327 e. The zero-order valence-electron chi connectivity index (χ0n) is 13.7. The first-order valence-electron chi connectivity index (χ1n) is 7.76. The molecule has 0 radical (unpaired) electrons. The minimum Gasteiger partial charge on any atom is -0.465 e. The van der Waals surface area contributed by atoms with Crippen LogP contribution in [0.4, 0.5) is 0 Å². The molecule has 134 valence electrons. The molecule has 8 heteroatoms. The third kappa shape index (κ3) is 10.9. The van der Waals surface area contributed by atoms with E-state index in [4.69, 9.17) is 9.29 Å². The van der Waals surface area contributed by atoms with Crippen LogP contribution in [0.15, 0.2) is 12.3 Å². The maximum absolute atomic E-state index is 11.7. The molecule has 0 aliphatic heterocycles. The number of esters is 2. The van der Waals surface area contributed by atoms with Crippen molar-refractivity contribution >= 4 is 22.1 Å². The molecule has 0 aromatic heterocycles. The van der Waals surface area contributed by atoms with Gasteiger partial charge in [0.15, 0.2) is 5.25 Å². The van der Waals surface area contributed by atoms with Crippen molar-refractivity contribution in [1.82, 2.24) is 0 Å². The number of hydrogen-bond acceptors (Lipinski definition) is 6. The molecule has 0 rings (SSSR count). The SMILES string of the molecule is C/C=C/OC(=O)CC(C(=O)OCCCCCCCC)S(=O)(=O)O. The van der Waals surface area contributed by atoms with Gasteiger partial charge < -0.3 is 9.47 Å². The Kier molecular flexibility index (Phi) is 11.3. The van der Waals surface area contributed by atoms with Crippen LogP contribution in [0.1, 0.15) is 58.8 Å². The largest absolute Gasteiger partial charge is 0.465 e. The highest BCUT2D eigenvalue weighted by molar-refractivity contribution is 7.87. The van der Waals surface area contributed by atoms with Crippen LogP contribution in [0.2, 0.25) is 0 Å². The number of hydrogen-bond donors (Lipinski definition) is 1. The van der Waals surface area contributed by atoms with Crippen molar-refractivity contribution in [2.24, 2.45) is 0 Å². The Morgan fingerprint density at radius 2 is 1.74 bits per heavy atom. The zero-order chi connectivity index (χ0) is 17.7. The normalized spacial score (nSPS) is 13.0. The van der Waals surface area contributed by atoms with Gasteiger partial charge >= 0.3 is 11.9 Å². The summed E-state index contributed by atoms with van der Waals surface area (Å²) in [6.07, 6.45) is 7.58. The number of ether oxygens (including phenoxy) is 2. The lowest BCUT2D eigenvalue weighted by atomic mass is 10.1. The Balaban J connectivity index is 4.30. The zero-order valence-corrected chi connectivity index (χ0v) is 14.5. The number of carbonyl (C=O) groups is 2. The molecular weight excluding hydrogens is 324 g/mol. The highest BCUT2D eigenvalue weighted by Crippen LogP contribution is 2.10. The van der Waals surface area contributed by atoms with E-state index in [1.54, 1.807) is 6.92 Å². The van der Waals surface area contributed by atoms with Crippen LogP contribution in [0.25, 0.3) is 0 Å². The third-order valence-corrected chi connectivity index (χ3v) is 4.13. The molecule has 0 saturated heterocycles. The van der Waals surface area contributed by atoms with Gasteiger partial charge in [0.25, 0.3) is 10.1 Å². The van der Waals surface area contributed by atoms with Gasteiger partial charge in [-0.3, -0.25) is 14.1 Å². The van der Waals surface area contributed by atoms with Crippen LogP contribution in [0.3, 0.4) is 0 Å². The minimum absolute atomic E-state index is 0.0564. The van der Waals surface area contributed by atoms with E-state index < -0.39 is 33.7 Å². The number of rotatable bonds is 12. The molecule has 0 spiro atoms. The summed E-state index contributed by atoms with van der Waals surface area (Å²) in [5.41, 5.74) is 0. The van der Waals surface area contributed by atoms with Crippen LogP contribution in [-0.2, 0) is 29.2 Å². The fourth-order valence-electron chi connectivity index (χ4n) is 1.80. The standard InChI is InChI=1S/C15H26O7S/c1-3-5-6-7-8-9-11-22-15(17)13(23(18,19)20)12-14(16)21-10-4-2/h4,10,13H,3,5-9,11-12H2,1-2H3,(H,18,19,20)/b10-4+. The van der Waals surface area contributed by atoms with E-state index >= 15 is 0 Å². The second kappa shape index (κ2) is 12.1. The lowest BCUT2D eigenvalue weighted by Crippen LogP contribution is -2.34. The fraction of sp³-hybridized carbons (Fsp3) is 0.733. The number of unbranched alkanes of at least 4 members (excludes halogenated alkanes) is 5. The quantitative estimate of drug-likeness (QED) is 0.249. The van der Waals surface area contributed by atoms with Gasteiger partial charge in [0.2, 0.25) is 0 Å². The molecule has 0 aliphatic rings. The van der Waals surface area contributed by atoms with Crippen molar-refractivity contribution in [3.8, 4) is 0 Å². The Morgan fingerprint density at radius 3 is 2.30 bits per heavy atom. The van der Waals surface area contributed by atoms with Crippen molar-refractivity contribution in [2.45, 2.75) is 64.0 Å². The summed E-state index contributed by atoms with van der Waals surface area (Å²) in [4.78, 5) is 23.1. The van der Waals surface area contributed by atoms with Crippen LogP contribution in [0, 0.1) is 0 Å². The summed E-state index contributed by atoms with van der Waals surface area (Å²) in [6.45, 7) is 3.77. The summed E-state index contributed by atoms with van der Waals surface area (Å²) >= 11 is 0. The molecule has 0 fully saturated rings. The Morgan fingerprint density at radius 1 is 1.13 bits per heavy atom. The first-order valence-corrected chi connectivity index (χ1v) is 9.26. The van der Waals surface area contributed by atoms with Gasteiger partial charge in [-0.25, -0.2) is 0 Å². The number of allylic oxidation sites excluding steroid dienone is 1. The molecule has 7 nitrogen and oxygen atoms in total. The molecule has 0 aliphatic carbocycles. The van der Waals surface area contributed by atoms with Crippen LogP contribution < -0.4 is 0 Å². The Labute approximate surface area is 137 Å². The first-order chi connectivity index (χ1) is 10.8.